The van der Waals surface area contributed by atoms with E-state index in [0.29, 0.717) is 29.1 Å². The molecule has 0 aliphatic heterocycles. The monoisotopic (exact) mass is 372 g/mol. The third-order valence-electron chi connectivity index (χ3n) is 4.14. The summed E-state index contributed by atoms with van der Waals surface area (Å²) in [5.41, 5.74) is 0.597. The van der Waals surface area contributed by atoms with E-state index in [4.69, 9.17) is 13.9 Å². The van der Waals surface area contributed by atoms with Crippen molar-refractivity contribution in [3.8, 4) is 11.5 Å². The van der Waals surface area contributed by atoms with Crippen molar-refractivity contribution in [3.05, 3.63) is 106 Å². The van der Waals surface area contributed by atoms with E-state index >= 15 is 0 Å². The molecule has 3 aromatic carbocycles. The molecule has 4 aromatic rings. The number of carbonyl (C=O) groups is 1. The number of rotatable bonds is 5. The molecule has 1 heterocycles. The first kappa shape index (κ1) is 17.5. The second-order valence-corrected chi connectivity index (χ2v) is 6.12. The molecule has 28 heavy (non-hydrogen) atoms. The Balaban J connectivity index is 1.45. The van der Waals surface area contributed by atoms with Gasteiger partial charge in [0.05, 0.1) is 0 Å². The van der Waals surface area contributed by atoms with Gasteiger partial charge in [0.15, 0.2) is 0 Å². The number of benzene rings is 3. The van der Waals surface area contributed by atoms with Crippen LogP contribution in [0.5, 0.6) is 11.5 Å². The van der Waals surface area contributed by atoms with Crippen LogP contribution in [0.3, 0.4) is 0 Å². The highest BCUT2D eigenvalue weighted by atomic mass is 16.5. The zero-order chi connectivity index (χ0) is 19.3. The maximum Gasteiger partial charge on any atom is 0.351 e. The number of para-hydroxylation sites is 1. The minimum Gasteiger partial charge on any atom is -0.489 e. The van der Waals surface area contributed by atoms with Crippen molar-refractivity contribution in [1.29, 1.82) is 0 Å². The Morgan fingerprint density at radius 2 is 1.50 bits per heavy atom. The molecule has 5 heteroatoms. The lowest BCUT2D eigenvalue weighted by molar-refractivity contribution is 0.0730. The summed E-state index contributed by atoms with van der Waals surface area (Å²) in [6, 6.07) is 24.9. The van der Waals surface area contributed by atoms with Crippen LogP contribution in [0.4, 0.5) is 0 Å². The van der Waals surface area contributed by atoms with E-state index in [-0.39, 0.29) is 5.56 Å². The summed E-state index contributed by atoms with van der Waals surface area (Å²) in [7, 11) is 0. The number of ether oxygens (including phenoxy) is 2. The Hall–Kier alpha value is -3.86. The summed E-state index contributed by atoms with van der Waals surface area (Å²) in [5.74, 6) is 0.191. The molecule has 0 amide bonds. The maximum absolute atomic E-state index is 12.4. The molecule has 0 spiro atoms. The number of fused-ring (bicyclic) bond motifs is 1. The molecule has 0 aliphatic rings. The quantitative estimate of drug-likeness (QED) is 0.291. The van der Waals surface area contributed by atoms with Gasteiger partial charge in [0.1, 0.15) is 29.3 Å². The van der Waals surface area contributed by atoms with E-state index in [1.807, 2.05) is 30.3 Å². The second-order valence-electron chi connectivity index (χ2n) is 6.12. The van der Waals surface area contributed by atoms with Gasteiger partial charge in [-0.15, -0.1) is 0 Å². The van der Waals surface area contributed by atoms with Gasteiger partial charge in [0.2, 0.25) is 0 Å². The fraction of sp³-hybridized carbons (Fsp3) is 0.0435. The molecule has 0 aliphatic carbocycles. The standard InChI is InChI=1S/C23H16O5/c24-22(20-14-17-8-4-5-9-21(17)28-23(20)25)27-19-12-10-18(11-13-19)26-15-16-6-2-1-3-7-16/h1-14H,15H2. The third kappa shape index (κ3) is 3.94. The maximum atomic E-state index is 12.4. The first-order valence-corrected chi connectivity index (χ1v) is 8.71. The summed E-state index contributed by atoms with van der Waals surface area (Å²) in [5, 5.41) is 0.652. The number of hydrogen-bond acceptors (Lipinski definition) is 5. The third-order valence-corrected chi connectivity index (χ3v) is 4.14. The van der Waals surface area contributed by atoms with Crippen molar-refractivity contribution < 1.29 is 18.7 Å². The fourth-order valence-corrected chi connectivity index (χ4v) is 2.71. The Morgan fingerprint density at radius 3 is 2.29 bits per heavy atom. The molecule has 0 unspecified atom stereocenters. The van der Waals surface area contributed by atoms with Crippen molar-refractivity contribution >= 4 is 16.9 Å². The Morgan fingerprint density at radius 1 is 0.821 bits per heavy atom. The zero-order valence-corrected chi connectivity index (χ0v) is 14.8. The lowest BCUT2D eigenvalue weighted by Crippen LogP contribution is -2.18. The van der Waals surface area contributed by atoms with E-state index in [1.165, 1.54) is 6.07 Å². The van der Waals surface area contributed by atoms with Gasteiger partial charge >= 0.3 is 11.6 Å². The first-order valence-electron chi connectivity index (χ1n) is 8.71. The lowest BCUT2D eigenvalue weighted by Gasteiger charge is -2.08. The minimum absolute atomic E-state index is 0.150. The van der Waals surface area contributed by atoms with Crippen molar-refractivity contribution in [2.75, 3.05) is 0 Å². The van der Waals surface area contributed by atoms with Crippen molar-refractivity contribution in [1.82, 2.24) is 0 Å². The lowest BCUT2D eigenvalue weighted by atomic mass is 10.2. The Bertz CT molecular complexity index is 1160. The van der Waals surface area contributed by atoms with Gasteiger partial charge in [0.25, 0.3) is 0 Å². The number of carbonyl (C=O) groups excluding carboxylic acids is 1. The summed E-state index contributed by atoms with van der Waals surface area (Å²) in [6.07, 6.45) is 0. The highest BCUT2D eigenvalue weighted by molar-refractivity contribution is 5.94. The average Bonchev–Trinajstić information content (AvgIpc) is 2.73. The molecule has 5 nitrogen and oxygen atoms in total. The molecule has 138 valence electrons. The van der Waals surface area contributed by atoms with Crippen LogP contribution in [0, 0.1) is 0 Å². The summed E-state index contributed by atoms with van der Waals surface area (Å²) < 4.78 is 16.2. The smallest absolute Gasteiger partial charge is 0.351 e. The Kier molecular flexibility index (Phi) is 4.89. The van der Waals surface area contributed by atoms with E-state index < -0.39 is 11.6 Å². The predicted octanol–water partition coefficient (Wildman–Crippen LogP) is 4.59. The summed E-state index contributed by atoms with van der Waals surface area (Å²) in [4.78, 5) is 24.4. The van der Waals surface area contributed by atoms with Gasteiger partial charge in [-0.1, -0.05) is 48.5 Å². The highest BCUT2D eigenvalue weighted by Gasteiger charge is 2.16. The van der Waals surface area contributed by atoms with Crippen molar-refractivity contribution in [2.45, 2.75) is 6.61 Å². The largest absolute Gasteiger partial charge is 0.489 e. The predicted molar refractivity (Wildman–Crippen MR) is 105 cm³/mol. The van der Waals surface area contributed by atoms with E-state index in [1.54, 1.807) is 48.5 Å². The van der Waals surface area contributed by atoms with E-state index in [9.17, 15) is 9.59 Å². The Labute approximate surface area is 160 Å². The molecular formula is C23H16O5. The zero-order valence-electron chi connectivity index (χ0n) is 14.8. The first-order chi connectivity index (χ1) is 13.7. The van der Waals surface area contributed by atoms with E-state index in [0.717, 1.165) is 5.56 Å². The molecule has 4 rings (SSSR count). The van der Waals surface area contributed by atoms with Crippen LogP contribution in [-0.2, 0) is 6.61 Å². The molecule has 0 bridgehead atoms. The minimum atomic E-state index is -0.766. The highest BCUT2D eigenvalue weighted by Crippen LogP contribution is 2.20. The van der Waals surface area contributed by atoms with Crippen molar-refractivity contribution in [2.24, 2.45) is 0 Å². The second kappa shape index (κ2) is 7.80. The summed E-state index contributed by atoms with van der Waals surface area (Å²) in [6.45, 7) is 0.443. The topological polar surface area (TPSA) is 65.7 Å². The average molecular weight is 372 g/mol. The van der Waals surface area contributed by atoms with Gasteiger partial charge in [-0.3, -0.25) is 0 Å². The molecule has 0 saturated heterocycles. The molecule has 0 saturated carbocycles. The van der Waals surface area contributed by atoms with E-state index in [2.05, 4.69) is 0 Å². The van der Waals surface area contributed by atoms with Crippen LogP contribution in [-0.4, -0.2) is 5.97 Å². The number of esters is 1. The van der Waals surface area contributed by atoms with Gasteiger partial charge < -0.3 is 13.9 Å². The van der Waals surface area contributed by atoms with Gasteiger partial charge in [-0.2, -0.15) is 0 Å². The summed E-state index contributed by atoms with van der Waals surface area (Å²) >= 11 is 0. The van der Waals surface area contributed by atoms with Crippen LogP contribution in [0.2, 0.25) is 0 Å². The molecule has 0 radical (unpaired) electrons. The number of hydrogen-bond donors (Lipinski definition) is 0. The molecule has 0 fully saturated rings. The fourth-order valence-electron chi connectivity index (χ4n) is 2.71. The normalized spacial score (nSPS) is 10.6. The van der Waals surface area contributed by atoms with Gasteiger partial charge in [-0.05, 0) is 42.0 Å². The molecular weight excluding hydrogens is 356 g/mol. The van der Waals surface area contributed by atoms with Crippen LogP contribution < -0.4 is 15.1 Å². The molecule has 1 aromatic heterocycles. The molecule has 0 N–H and O–H groups in total. The molecule has 0 atom stereocenters. The van der Waals surface area contributed by atoms with Crippen molar-refractivity contribution in [3.63, 3.8) is 0 Å². The SMILES string of the molecule is O=C(Oc1ccc(OCc2ccccc2)cc1)c1cc2ccccc2oc1=O. The van der Waals surface area contributed by atoms with Gasteiger partial charge in [-0.25, -0.2) is 9.59 Å². The van der Waals surface area contributed by atoms with Crippen LogP contribution >= 0.6 is 0 Å². The van der Waals surface area contributed by atoms with Gasteiger partial charge in [0, 0.05) is 5.39 Å². The van der Waals surface area contributed by atoms with Crippen LogP contribution in [0.1, 0.15) is 15.9 Å². The van der Waals surface area contributed by atoms with Crippen LogP contribution in [0.25, 0.3) is 11.0 Å². The van der Waals surface area contributed by atoms with Crippen LogP contribution in [0.15, 0.2) is 94.1 Å².